The lowest BCUT2D eigenvalue weighted by Gasteiger charge is -2.13. The molecule has 7 nitrogen and oxygen atoms in total. The molecule has 0 atom stereocenters. The van der Waals surface area contributed by atoms with E-state index >= 15 is 0 Å². The minimum absolute atomic E-state index is 0. The average Bonchev–Trinajstić information content (AvgIpc) is 3.64. The number of amides is 1. The second-order valence-corrected chi connectivity index (χ2v) is 10.2. The first kappa shape index (κ1) is 63.8. The second-order valence-electron chi connectivity index (χ2n) is 9.75. The Bertz CT molecular complexity index is 460. The van der Waals surface area contributed by atoms with Gasteiger partial charge in [0.2, 0.25) is 11.1 Å². The summed E-state index contributed by atoms with van der Waals surface area (Å²) in [6, 6.07) is 0. The van der Waals surface area contributed by atoms with Crippen molar-refractivity contribution >= 4 is 22.8 Å². The number of carbonyl (C=O) groups excluding carboxylic acids is 2. The van der Waals surface area contributed by atoms with E-state index in [1.54, 1.807) is 7.05 Å². The predicted octanol–water partition coefficient (Wildman–Crippen LogP) is 10.4. The molecule has 0 aliphatic carbocycles. The quantitative estimate of drug-likeness (QED) is 0.0976. The summed E-state index contributed by atoms with van der Waals surface area (Å²) >= 11 is 5.12. The number of ether oxygens (including phenoxy) is 1. The van der Waals surface area contributed by atoms with Crippen LogP contribution in [0.15, 0.2) is 0 Å². The fourth-order valence-corrected chi connectivity index (χ4v) is 3.57. The Kier molecular flexibility index (Phi) is 104. The summed E-state index contributed by atoms with van der Waals surface area (Å²) < 4.78 is 20.4. The number of alkyl halides is 1. The SMILES string of the molecule is C.C.C.C1CCOC1.CCCCCCC(=O)Cl.CCCCCCC(=O)NC.CCCCCCNC.CCN(CC)CC.CN.[2H]CF. The lowest BCUT2D eigenvalue weighted by molar-refractivity contribution is -0.120. The molecular weight excluding hydrogens is 603 g/mol. The lowest BCUT2D eigenvalue weighted by atomic mass is 10.1. The Morgan fingerprint density at radius 2 is 1.11 bits per heavy atom. The first-order chi connectivity index (χ1) is 21.3. The summed E-state index contributed by atoms with van der Waals surface area (Å²) in [5.41, 5.74) is 4.50. The standard InChI is InChI=1S/C8H17NO.C7H13ClO.C7H17N.C6H15N.C4H8O.CH3F.CH5N.3CH4/c1-3-4-5-6-7-8(10)9-2;1-2-3-4-5-6-7(8)9;1-3-4-5-6-7-8-2;1-4-7(5-2)6-3;1-2-4-5-3-1;2*1-2;;;/h3-7H2,1-2H3,(H,9,10);2-6H2,1H3;8H,3-7H2,1-2H3;4-6H2,1-3H3;1-4H2;1H3;2H2,1H3;3*1H4/i;;;;;1D;;;;. The Balaban J connectivity index is -0.0000000527. The van der Waals surface area contributed by atoms with Gasteiger partial charge in [-0.2, -0.15) is 0 Å². The van der Waals surface area contributed by atoms with Crippen LogP contribution in [-0.2, 0) is 14.3 Å². The molecule has 0 radical (unpaired) electrons. The van der Waals surface area contributed by atoms with Gasteiger partial charge in [-0.25, -0.2) is 0 Å². The van der Waals surface area contributed by atoms with Gasteiger partial charge >= 0.3 is 0 Å². The van der Waals surface area contributed by atoms with Crippen molar-refractivity contribution in [1.29, 1.82) is 0 Å². The first-order valence-electron chi connectivity index (χ1n) is 17.7. The highest BCUT2D eigenvalue weighted by atomic mass is 35.5. The molecule has 1 heterocycles. The Labute approximate surface area is 297 Å². The molecule has 1 aliphatic rings. The predicted molar refractivity (Wildman–Crippen MR) is 211 cm³/mol. The zero-order valence-electron chi connectivity index (χ0n) is 31.3. The summed E-state index contributed by atoms with van der Waals surface area (Å²) in [6.07, 6.45) is 18.4. The van der Waals surface area contributed by atoms with Crippen LogP contribution in [0.3, 0.4) is 0 Å². The molecule has 1 rings (SSSR count). The Morgan fingerprint density at radius 3 is 1.35 bits per heavy atom. The molecule has 9 heteroatoms. The van der Waals surface area contributed by atoms with E-state index in [2.05, 4.69) is 62.8 Å². The second kappa shape index (κ2) is 74.8. The van der Waals surface area contributed by atoms with Crippen molar-refractivity contribution in [3.05, 3.63) is 0 Å². The van der Waals surface area contributed by atoms with Crippen molar-refractivity contribution in [1.82, 2.24) is 15.5 Å². The van der Waals surface area contributed by atoms with Crippen LogP contribution < -0.4 is 16.4 Å². The van der Waals surface area contributed by atoms with Crippen molar-refractivity contribution in [2.75, 3.05) is 67.7 Å². The van der Waals surface area contributed by atoms with Crippen LogP contribution in [0.2, 0.25) is 0 Å². The van der Waals surface area contributed by atoms with Gasteiger partial charge in [-0.15, -0.1) is 0 Å². The highest BCUT2D eigenvalue weighted by Gasteiger charge is 1.96. The van der Waals surface area contributed by atoms with Gasteiger partial charge < -0.3 is 26.0 Å². The molecule has 4 N–H and O–H groups in total. The van der Waals surface area contributed by atoms with Gasteiger partial charge in [0.15, 0.2) is 0 Å². The molecular formula is C37H90ClFN4O3. The normalized spacial score (nSPS) is 10.3. The lowest BCUT2D eigenvalue weighted by Crippen LogP contribution is -2.21. The number of rotatable bonds is 18. The summed E-state index contributed by atoms with van der Waals surface area (Å²) in [5.74, 6) is 0.163. The van der Waals surface area contributed by atoms with E-state index in [0.29, 0.717) is 12.8 Å². The molecule has 0 aromatic carbocycles. The molecule has 46 heavy (non-hydrogen) atoms. The van der Waals surface area contributed by atoms with Crippen LogP contribution in [0.4, 0.5) is 4.39 Å². The van der Waals surface area contributed by atoms with Gasteiger partial charge in [0.05, 0.1) is 8.52 Å². The maximum atomic E-state index is 10.7. The van der Waals surface area contributed by atoms with Gasteiger partial charge in [-0.05, 0) is 84.0 Å². The minimum atomic E-state index is -1.00. The monoisotopic (exact) mass is 694 g/mol. The topological polar surface area (TPSA) is 96.7 Å². The third-order valence-corrected chi connectivity index (χ3v) is 6.40. The van der Waals surface area contributed by atoms with Crippen LogP contribution in [0.25, 0.3) is 0 Å². The Morgan fingerprint density at radius 1 is 0.739 bits per heavy atom. The molecule has 0 aromatic rings. The maximum Gasteiger partial charge on any atom is 0.221 e. The number of nitrogens with zero attached hydrogens (tertiary/aromatic N) is 1. The van der Waals surface area contributed by atoms with E-state index in [9.17, 15) is 14.0 Å². The fourth-order valence-electron chi connectivity index (χ4n) is 3.44. The molecule has 0 saturated carbocycles. The number of hydrogen-bond acceptors (Lipinski definition) is 6. The smallest absolute Gasteiger partial charge is 0.221 e. The third kappa shape index (κ3) is 90.2. The first-order valence-corrected chi connectivity index (χ1v) is 17.4. The molecule has 0 bridgehead atoms. The van der Waals surface area contributed by atoms with Gasteiger partial charge in [0.1, 0.15) is 0 Å². The summed E-state index contributed by atoms with van der Waals surface area (Å²) in [6.45, 7) is 19.8. The van der Waals surface area contributed by atoms with Gasteiger partial charge in [-0.1, -0.05) is 122 Å². The Hall–Kier alpha value is -0.800. The van der Waals surface area contributed by atoms with Crippen LogP contribution in [0.5, 0.6) is 0 Å². The zero-order valence-corrected chi connectivity index (χ0v) is 31.0. The largest absolute Gasteiger partial charge is 0.381 e. The van der Waals surface area contributed by atoms with Crippen LogP contribution in [0, 0.1) is 0 Å². The highest BCUT2D eigenvalue weighted by molar-refractivity contribution is 6.63. The molecule has 0 aromatic heterocycles. The van der Waals surface area contributed by atoms with Crippen molar-refractivity contribution < 1.29 is 20.1 Å². The molecule has 0 spiro atoms. The highest BCUT2D eigenvalue weighted by Crippen LogP contribution is 2.04. The summed E-state index contributed by atoms with van der Waals surface area (Å²) in [4.78, 5) is 23.2. The van der Waals surface area contributed by atoms with E-state index < -0.39 is 7.15 Å². The van der Waals surface area contributed by atoms with Gasteiger partial charge in [0, 0.05) is 33.1 Å². The molecule has 0 unspecified atom stereocenters. The summed E-state index contributed by atoms with van der Waals surface area (Å²) in [7, 11) is 4.19. The van der Waals surface area contributed by atoms with E-state index in [1.165, 1.54) is 104 Å². The van der Waals surface area contributed by atoms with E-state index in [0.717, 1.165) is 32.5 Å². The zero-order chi connectivity index (χ0) is 35.1. The molecule has 1 saturated heterocycles. The third-order valence-electron chi connectivity index (χ3n) is 6.21. The number of halogens is 2. The number of unbranched alkanes of at least 4 members (excludes halogenated alkanes) is 9. The average molecular weight is 695 g/mol. The van der Waals surface area contributed by atoms with Crippen molar-refractivity contribution in [2.45, 2.75) is 167 Å². The fraction of sp³-hybridized carbons (Fsp3) is 0.946. The van der Waals surface area contributed by atoms with Gasteiger partial charge in [0.25, 0.3) is 0 Å². The van der Waals surface area contributed by atoms with Crippen LogP contribution in [0.1, 0.15) is 168 Å². The van der Waals surface area contributed by atoms with Crippen LogP contribution in [-0.4, -0.2) is 83.7 Å². The summed E-state index contributed by atoms with van der Waals surface area (Å²) in [5, 5.41) is 5.53. The number of hydrogen-bond donors (Lipinski definition) is 3. The van der Waals surface area contributed by atoms with Crippen molar-refractivity contribution in [3.63, 3.8) is 0 Å². The number of carbonyl (C=O) groups is 2. The van der Waals surface area contributed by atoms with Crippen molar-refractivity contribution in [2.24, 2.45) is 5.73 Å². The van der Waals surface area contributed by atoms with E-state index in [4.69, 9.17) is 17.7 Å². The molecule has 290 valence electrons. The number of nitrogens with one attached hydrogen (secondary N) is 2. The van der Waals surface area contributed by atoms with Gasteiger partial charge in [-0.3, -0.25) is 14.0 Å². The van der Waals surface area contributed by atoms with E-state index in [-0.39, 0.29) is 33.4 Å². The molecule has 1 amide bonds. The van der Waals surface area contributed by atoms with Crippen molar-refractivity contribution in [3.8, 4) is 0 Å². The molecule has 1 aliphatic heterocycles. The number of nitrogens with two attached hydrogens (primary N) is 1. The van der Waals surface area contributed by atoms with E-state index in [1.807, 2.05) is 7.05 Å². The van der Waals surface area contributed by atoms with Crippen LogP contribution >= 0.6 is 11.6 Å². The maximum absolute atomic E-state index is 10.7. The molecule has 1 fully saturated rings. The minimum Gasteiger partial charge on any atom is -0.381 e.